The van der Waals surface area contributed by atoms with Gasteiger partial charge in [-0.05, 0) is 25.5 Å². The predicted molar refractivity (Wildman–Crippen MR) is 65.1 cm³/mol. The molecule has 1 N–H and O–H groups in total. The van der Waals surface area contributed by atoms with Crippen LogP contribution in [0.15, 0.2) is 22.8 Å². The number of rotatable bonds is 3. The van der Waals surface area contributed by atoms with Gasteiger partial charge in [-0.1, -0.05) is 6.92 Å². The van der Waals surface area contributed by atoms with E-state index in [0.29, 0.717) is 11.8 Å². The molecule has 0 aromatic carbocycles. The van der Waals surface area contributed by atoms with Crippen LogP contribution >= 0.6 is 0 Å². The Labute approximate surface area is 102 Å². The van der Waals surface area contributed by atoms with Gasteiger partial charge >= 0.3 is 0 Å². The zero-order chi connectivity index (χ0) is 12.3. The van der Waals surface area contributed by atoms with Crippen molar-refractivity contribution < 1.29 is 14.1 Å². The van der Waals surface area contributed by atoms with Crippen molar-refractivity contribution in [1.82, 2.24) is 4.90 Å². The Morgan fingerprint density at radius 2 is 2.24 bits per heavy atom. The normalized spacial score (nSPS) is 19.3. The Balaban J connectivity index is 1.89. The van der Waals surface area contributed by atoms with Crippen LogP contribution in [-0.4, -0.2) is 43.0 Å². The minimum absolute atomic E-state index is 0.0261. The van der Waals surface area contributed by atoms with E-state index in [0.717, 1.165) is 26.2 Å². The van der Waals surface area contributed by atoms with Gasteiger partial charge in [-0.25, -0.2) is 0 Å². The SMILES string of the molecule is CC[C@@H](C)[NH+]1CCN(C(=O)c2ccco2)CC1. The molecule has 1 amide bonds. The minimum Gasteiger partial charge on any atom is -0.459 e. The first-order chi connectivity index (χ1) is 8.22. The predicted octanol–water partition coefficient (Wildman–Crippen LogP) is 0.419. The number of amides is 1. The van der Waals surface area contributed by atoms with Crippen molar-refractivity contribution in [3.8, 4) is 0 Å². The van der Waals surface area contributed by atoms with Crippen LogP contribution in [0.4, 0.5) is 0 Å². The summed E-state index contributed by atoms with van der Waals surface area (Å²) in [6, 6.07) is 4.18. The molecule has 0 spiro atoms. The van der Waals surface area contributed by atoms with Crippen LogP contribution in [0.1, 0.15) is 30.8 Å². The molecular formula is C13H21N2O2+. The first-order valence-electron chi connectivity index (χ1n) is 6.39. The van der Waals surface area contributed by atoms with E-state index >= 15 is 0 Å². The van der Waals surface area contributed by atoms with Crippen molar-refractivity contribution in [2.75, 3.05) is 26.2 Å². The van der Waals surface area contributed by atoms with Crippen molar-refractivity contribution in [2.24, 2.45) is 0 Å². The molecule has 0 aliphatic carbocycles. The van der Waals surface area contributed by atoms with Gasteiger partial charge in [0.25, 0.3) is 5.91 Å². The Morgan fingerprint density at radius 1 is 1.53 bits per heavy atom. The van der Waals surface area contributed by atoms with E-state index in [4.69, 9.17) is 4.42 Å². The molecule has 1 aliphatic rings. The van der Waals surface area contributed by atoms with Crippen LogP contribution in [0.2, 0.25) is 0 Å². The van der Waals surface area contributed by atoms with Crippen LogP contribution in [0.5, 0.6) is 0 Å². The molecule has 94 valence electrons. The van der Waals surface area contributed by atoms with Crippen molar-refractivity contribution in [3.63, 3.8) is 0 Å². The fourth-order valence-corrected chi connectivity index (χ4v) is 2.33. The zero-order valence-electron chi connectivity index (χ0n) is 10.6. The molecule has 17 heavy (non-hydrogen) atoms. The number of hydrogen-bond acceptors (Lipinski definition) is 2. The summed E-state index contributed by atoms with van der Waals surface area (Å²) in [6.45, 7) is 8.25. The summed E-state index contributed by atoms with van der Waals surface area (Å²) in [7, 11) is 0. The Morgan fingerprint density at radius 3 is 2.76 bits per heavy atom. The summed E-state index contributed by atoms with van der Waals surface area (Å²) in [5.74, 6) is 0.482. The molecule has 0 bridgehead atoms. The third-order valence-corrected chi connectivity index (χ3v) is 3.73. The number of quaternary nitrogens is 1. The van der Waals surface area contributed by atoms with Crippen LogP contribution in [0.25, 0.3) is 0 Å². The van der Waals surface area contributed by atoms with Gasteiger partial charge in [0.1, 0.15) is 0 Å². The third kappa shape index (κ3) is 2.69. The van der Waals surface area contributed by atoms with Crippen molar-refractivity contribution >= 4 is 5.91 Å². The molecule has 2 rings (SSSR count). The molecule has 0 unspecified atom stereocenters. The second-order valence-electron chi connectivity index (χ2n) is 4.74. The van der Waals surface area contributed by atoms with Gasteiger partial charge in [-0.2, -0.15) is 0 Å². The fraction of sp³-hybridized carbons (Fsp3) is 0.615. The number of nitrogens with one attached hydrogen (secondary N) is 1. The molecule has 1 saturated heterocycles. The van der Waals surface area contributed by atoms with Crippen LogP contribution < -0.4 is 4.90 Å². The molecule has 4 heteroatoms. The highest BCUT2D eigenvalue weighted by molar-refractivity contribution is 5.91. The molecule has 1 aromatic rings. The largest absolute Gasteiger partial charge is 0.459 e. The maximum Gasteiger partial charge on any atom is 0.289 e. The minimum atomic E-state index is 0.0261. The van der Waals surface area contributed by atoms with Gasteiger partial charge in [0.2, 0.25) is 0 Å². The topological polar surface area (TPSA) is 37.9 Å². The van der Waals surface area contributed by atoms with E-state index in [-0.39, 0.29) is 5.91 Å². The van der Waals surface area contributed by atoms with E-state index in [1.165, 1.54) is 6.42 Å². The Hall–Kier alpha value is -1.29. The lowest BCUT2D eigenvalue weighted by atomic mass is 10.2. The van der Waals surface area contributed by atoms with Gasteiger partial charge < -0.3 is 14.2 Å². The molecule has 1 aromatic heterocycles. The molecule has 2 heterocycles. The maximum atomic E-state index is 12.0. The second kappa shape index (κ2) is 5.36. The van der Waals surface area contributed by atoms with E-state index in [1.54, 1.807) is 23.3 Å². The highest BCUT2D eigenvalue weighted by Crippen LogP contribution is 2.05. The first kappa shape index (κ1) is 12.2. The molecule has 0 radical (unpaired) electrons. The number of hydrogen-bond donors (Lipinski definition) is 1. The number of piperazine rings is 1. The average molecular weight is 237 g/mol. The summed E-state index contributed by atoms with van der Waals surface area (Å²) in [5, 5.41) is 0. The van der Waals surface area contributed by atoms with Crippen molar-refractivity contribution in [3.05, 3.63) is 24.2 Å². The number of furan rings is 1. The van der Waals surface area contributed by atoms with E-state index in [2.05, 4.69) is 13.8 Å². The summed E-state index contributed by atoms with van der Waals surface area (Å²) in [4.78, 5) is 15.5. The van der Waals surface area contributed by atoms with Gasteiger partial charge in [-0.3, -0.25) is 4.79 Å². The first-order valence-corrected chi connectivity index (χ1v) is 6.39. The van der Waals surface area contributed by atoms with E-state index in [1.807, 2.05) is 4.90 Å². The molecule has 1 fully saturated rings. The number of nitrogens with zero attached hydrogens (tertiary/aromatic N) is 1. The quantitative estimate of drug-likeness (QED) is 0.827. The average Bonchev–Trinajstić information content (AvgIpc) is 2.91. The van der Waals surface area contributed by atoms with E-state index in [9.17, 15) is 4.79 Å². The third-order valence-electron chi connectivity index (χ3n) is 3.73. The van der Waals surface area contributed by atoms with Gasteiger partial charge in [-0.15, -0.1) is 0 Å². The summed E-state index contributed by atoms with van der Waals surface area (Å²) >= 11 is 0. The summed E-state index contributed by atoms with van der Waals surface area (Å²) < 4.78 is 5.15. The maximum absolute atomic E-state index is 12.0. The van der Waals surface area contributed by atoms with Crippen LogP contribution in [0, 0.1) is 0 Å². The standard InChI is InChI=1S/C13H20N2O2/c1-3-11(2)14-6-8-15(9-7-14)13(16)12-5-4-10-17-12/h4-5,10-11H,3,6-9H2,1-2H3/p+1/t11-/m1/s1. The highest BCUT2D eigenvalue weighted by atomic mass is 16.3. The highest BCUT2D eigenvalue weighted by Gasteiger charge is 2.27. The molecular weight excluding hydrogens is 216 g/mol. The van der Waals surface area contributed by atoms with Gasteiger partial charge in [0, 0.05) is 0 Å². The molecule has 1 aliphatic heterocycles. The smallest absolute Gasteiger partial charge is 0.289 e. The monoisotopic (exact) mass is 237 g/mol. The Bertz CT molecular complexity index is 354. The molecule has 1 atom stereocenters. The lowest BCUT2D eigenvalue weighted by molar-refractivity contribution is -0.927. The van der Waals surface area contributed by atoms with E-state index < -0.39 is 0 Å². The number of carbonyl (C=O) groups is 1. The second-order valence-corrected chi connectivity index (χ2v) is 4.74. The van der Waals surface area contributed by atoms with Crippen molar-refractivity contribution in [2.45, 2.75) is 26.3 Å². The fourth-order valence-electron chi connectivity index (χ4n) is 2.33. The summed E-state index contributed by atoms with van der Waals surface area (Å²) in [5.41, 5.74) is 0. The zero-order valence-corrected chi connectivity index (χ0v) is 10.6. The van der Waals surface area contributed by atoms with Crippen LogP contribution in [0.3, 0.4) is 0 Å². The van der Waals surface area contributed by atoms with Gasteiger partial charge in [0.05, 0.1) is 38.5 Å². The lowest BCUT2D eigenvalue weighted by Crippen LogP contribution is -3.17. The lowest BCUT2D eigenvalue weighted by Gasteiger charge is -2.34. The van der Waals surface area contributed by atoms with Crippen LogP contribution in [-0.2, 0) is 0 Å². The Kier molecular flexibility index (Phi) is 3.84. The summed E-state index contributed by atoms with van der Waals surface area (Å²) in [6.07, 6.45) is 2.75. The van der Waals surface area contributed by atoms with Crippen molar-refractivity contribution in [1.29, 1.82) is 0 Å². The number of carbonyl (C=O) groups excluding carboxylic acids is 1. The van der Waals surface area contributed by atoms with Gasteiger partial charge in [0.15, 0.2) is 5.76 Å². The molecule has 4 nitrogen and oxygen atoms in total. The molecule has 0 saturated carbocycles.